The third kappa shape index (κ3) is 3.46. The molecule has 0 aliphatic carbocycles. The Kier molecular flexibility index (Phi) is 4.40. The number of phenols is 1. The summed E-state index contributed by atoms with van der Waals surface area (Å²) < 4.78 is 0. The van der Waals surface area contributed by atoms with Crippen LogP contribution in [0.4, 0.5) is 0 Å². The molecule has 0 bridgehead atoms. The van der Waals surface area contributed by atoms with Crippen LogP contribution in [-0.4, -0.2) is 10.1 Å². The number of nitrogens with one attached hydrogen (secondary N) is 1. The highest BCUT2D eigenvalue weighted by Gasteiger charge is 2.08. The summed E-state index contributed by atoms with van der Waals surface area (Å²) in [5.74, 6) is 0.233. The van der Waals surface area contributed by atoms with E-state index in [1.165, 1.54) is 0 Å². The van der Waals surface area contributed by atoms with Crippen LogP contribution < -0.4 is 5.32 Å². The highest BCUT2D eigenvalue weighted by molar-refractivity contribution is 7.80. The highest BCUT2D eigenvalue weighted by Crippen LogP contribution is 2.21. The van der Waals surface area contributed by atoms with Crippen LogP contribution in [0.2, 0.25) is 5.02 Å². The fourth-order valence-corrected chi connectivity index (χ4v) is 2.08. The normalized spacial score (nSPS) is 10.2. The van der Waals surface area contributed by atoms with Crippen LogP contribution in [0.25, 0.3) is 0 Å². The van der Waals surface area contributed by atoms with Crippen molar-refractivity contribution in [3.63, 3.8) is 0 Å². The Morgan fingerprint density at radius 3 is 2.58 bits per heavy atom. The first-order valence-electron chi connectivity index (χ1n) is 5.89. The first-order valence-corrected chi connectivity index (χ1v) is 6.68. The Balaban J connectivity index is 2.05. The van der Waals surface area contributed by atoms with Gasteiger partial charge in [-0.2, -0.15) is 0 Å². The minimum Gasteiger partial charge on any atom is -0.507 e. The van der Waals surface area contributed by atoms with Crippen molar-refractivity contribution in [3.8, 4) is 5.75 Å². The number of phenolic OH excluding ortho intramolecular Hbond substituents is 1. The van der Waals surface area contributed by atoms with Gasteiger partial charge in [0.2, 0.25) is 0 Å². The second-order valence-electron chi connectivity index (χ2n) is 4.28. The molecule has 2 nitrogen and oxygen atoms in total. The number of halogens is 1. The van der Waals surface area contributed by atoms with Crippen molar-refractivity contribution in [2.24, 2.45) is 0 Å². The quantitative estimate of drug-likeness (QED) is 0.843. The molecule has 4 heteroatoms. The summed E-state index contributed by atoms with van der Waals surface area (Å²) in [5, 5.41) is 13.8. The van der Waals surface area contributed by atoms with Gasteiger partial charge in [0.1, 0.15) is 10.7 Å². The van der Waals surface area contributed by atoms with Crippen LogP contribution in [-0.2, 0) is 6.54 Å². The highest BCUT2D eigenvalue weighted by atomic mass is 35.5. The molecule has 0 aliphatic rings. The Labute approximate surface area is 123 Å². The Morgan fingerprint density at radius 2 is 1.89 bits per heavy atom. The molecule has 0 atom stereocenters. The lowest BCUT2D eigenvalue weighted by molar-refractivity contribution is 0.470. The van der Waals surface area contributed by atoms with Gasteiger partial charge < -0.3 is 10.4 Å². The molecule has 0 saturated carbocycles. The Morgan fingerprint density at radius 1 is 1.21 bits per heavy atom. The van der Waals surface area contributed by atoms with Crippen molar-refractivity contribution in [1.82, 2.24) is 5.32 Å². The summed E-state index contributed by atoms with van der Waals surface area (Å²) in [4.78, 5) is 0.538. The van der Waals surface area contributed by atoms with E-state index in [0.29, 0.717) is 22.1 Å². The number of hydrogen-bond donors (Lipinski definition) is 2. The van der Waals surface area contributed by atoms with E-state index in [-0.39, 0.29) is 5.75 Å². The Bertz CT molecular complexity index is 596. The molecule has 0 radical (unpaired) electrons. The maximum atomic E-state index is 9.96. The summed E-state index contributed by atoms with van der Waals surface area (Å²) in [5.41, 5.74) is 2.55. The summed E-state index contributed by atoms with van der Waals surface area (Å²) in [6, 6.07) is 13.1. The van der Waals surface area contributed by atoms with E-state index in [2.05, 4.69) is 5.32 Å². The van der Waals surface area contributed by atoms with Gasteiger partial charge in [-0.25, -0.2) is 0 Å². The number of thiocarbonyl (C=S) groups is 1. The minimum absolute atomic E-state index is 0.233. The van der Waals surface area contributed by atoms with E-state index in [4.69, 9.17) is 23.8 Å². The third-order valence-corrected chi connectivity index (χ3v) is 3.46. The van der Waals surface area contributed by atoms with Crippen LogP contribution in [0.3, 0.4) is 0 Å². The molecule has 0 unspecified atom stereocenters. The summed E-state index contributed by atoms with van der Waals surface area (Å²) in [7, 11) is 0. The molecule has 0 saturated heterocycles. The molecule has 2 N–H and O–H groups in total. The van der Waals surface area contributed by atoms with E-state index < -0.39 is 0 Å². The molecule has 0 aliphatic heterocycles. The second kappa shape index (κ2) is 6.04. The van der Waals surface area contributed by atoms with Gasteiger partial charge in [-0.15, -0.1) is 0 Å². The zero-order valence-corrected chi connectivity index (χ0v) is 12.1. The van der Waals surface area contributed by atoms with Gasteiger partial charge in [0.25, 0.3) is 0 Å². The van der Waals surface area contributed by atoms with E-state index in [9.17, 15) is 5.11 Å². The predicted molar refractivity (Wildman–Crippen MR) is 82.8 cm³/mol. The summed E-state index contributed by atoms with van der Waals surface area (Å²) >= 11 is 11.1. The molecule has 2 aromatic carbocycles. The maximum Gasteiger partial charge on any atom is 0.128 e. The molecule has 0 spiro atoms. The smallest absolute Gasteiger partial charge is 0.128 e. The predicted octanol–water partition coefficient (Wildman–Crippen LogP) is 3.82. The van der Waals surface area contributed by atoms with Crippen LogP contribution >= 0.6 is 23.8 Å². The van der Waals surface area contributed by atoms with E-state index in [0.717, 1.165) is 11.1 Å². The average molecular weight is 292 g/mol. The first kappa shape index (κ1) is 13.8. The zero-order valence-electron chi connectivity index (χ0n) is 10.5. The summed E-state index contributed by atoms with van der Waals surface area (Å²) in [6.45, 7) is 2.45. The molecule has 0 fully saturated rings. The maximum absolute atomic E-state index is 9.96. The minimum atomic E-state index is 0.233. The lowest BCUT2D eigenvalue weighted by atomic mass is 10.1. The molecular weight excluding hydrogens is 278 g/mol. The first-order chi connectivity index (χ1) is 9.08. The van der Waals surface area contributed by atoms with Crippen molar-refractivity contribution in [2.75, 3.05) is 0 Å². The van der Waals surface area contributed by atoms with Gasteiger partial charge in [-0.05, 0) is 36.2 Å². The SMILES string of the molecule is Cc1cccc(C(=S)NCc2ccc(Cl)cc2)c1O. The van der Waals surface area contributed by atoms with E-state index in [1.54, 1.807) is 6.07 Å². The van der Waals surface area contributed by atoms with Gasteiger partial charge in [0.05, 0.1) is 5.56 Å². The van der Waals surface area contributed by atoms with Crippen molar-refractivity contribution >= 4 is 28.8 Å². The van der Waals surface area contributed by atoms with Crippen molar-refractivity contribution < 1.29 is 5.11 Å². The van der Waals surface area contributed by atoms with Crippen LogP contribution in [0.5, 0.6) is 5.75 Å². The number of benzene rings is 2. The average Bonchev–Trinajstić information content (AvgIpc) is 2.41. The van der Waals surface area contributed by atoms with E-state index in [1.807, 2.05) is 43.3 Å². The number of hydrogen-bond acceptors (Lipinski definition) is 2. The lowest BCUT2D eigenvalue weighted by Crippen LogP contribution is -2.21. The van der Waals surface area contributed by atoms with Crippen LogP contribution in [0.1, 0.15) is 16.7 Å². The van der Waals surface area contributed by atoms with Crippen molar-refractivity contribution in [2.45, 2.75) is 13.5 Å². The molecular formula is C15H14ClNOS. The monoisotopic (exact) mass is 291 g/mol. The Hall–Kier alpha value is -1.58. The van der Waals surface area contributed by atoms with Gasteiger partial charge in [0, 0.05) is 11.6 Å². The van der Waals surface area contributed by atoms with Crippen LogP contribution in [0.15, 0.2) is 42.5 Å². The fourth-order valence-electron chi connectivity index (χ4n) is 1.72. The third-order valence-electron chi connectivity index (χ3n) is 2.85. The summed E-state index contributed by atoms with van der Waals surface area (Å²) in [6.07, 6.45) is 0. The number of para-hydroxylation sites is 1. The zero-order chi connectivity index (χ0) is 13.8. The topological polar surface area (TPSA) is 32.3 Å². The van der Waals surface area contributed by atoms with Gasteiger partial charge in [-0.1, -0.05) is 48.1 Å². The number of rotatable bonds is 3. The van der Waals surface area contributed by atoms with Crippen molar-refractivity contribution in [1.29, 1.82) is 0 Å². The van der Waals surface area contributed by atoms with Crippen LogP contribution in [0, 0.1) is 6.92 Å². The lowest BCUT2D eigenvalue weighted by Gasteiger charge is -2.11. The molecule has 19 heavy (non-hydrogen) atoms. The number of aromatic hydroxyl groups is 1. The second-order valence-corrected chi connectivity index (χ2v) is 5.12. The molecule has 2 aromatic rings. The number of aryl methyl sites for hydroxylation is 1. The molecule has 0 amide bonds. The standard InChI is InChI=1S/C15H14ClNOS/c1-10-3-2-4-13(14(10)18)15(19)17-9-11-5-7-12(16)8-6-11/h2-8,18H,9H2,1H3,(H,17,19). The molecule has 0 aromatic heterocycles. The largest absolute Gasteiger partial charge is 0.507 e. The molecule has 0 heterocycles. The van der Waals surface area contributed by atoms with Gasteiger partial charge in [0.15, 0.2) is 0 Å². The van der Waals surface area contributed by atoms with Gasteiger partial charge in [-0.3, -0.25) is 0 Å². The van der Waals surface area contributed by atoms with Crippen molar-refractivity contribution in [3.05, 3.63) is 64.2 Å². The molecule has 98 valence electrons. The fraction of sp³-hybridized carbons (Fsp3) is 0.133. The van der Waals surface area contributed by atoms with E-state index >= 15 is 0 Å². The molecule has 2 rings (SSSR count). The van der Waals surface area contributed by atoms with Gasteiger partial charge >= 0.3 is 0 Å².